The average molecular weight is 249 g/mol. The van der Waals surface area contributed by atoms with Gasteiger partial charge in [-0.25, -0.2) is 0 Å². The topological polar surface area (TPSA) is 58.6 Å². The van der Waals surface area contributed by atoms with Crippen LogP contribution in [0.1, 0.15) is 18.4 Å². The molecule has 18 heavy (non-hydrogen) atoms. The Labute approximate surface area is 107 Å². The van der Waals surface area contributed by atoms with Crippen LogP contribution in [-0.4, -0.2) is 30.8 Å². The van der Waals surface area contributed by atoms with Crippen molar-refractivity contribution >= 4 is 5.91 Å². The summed E-state index contributed by atoms with van der Waals surface area (Å²) in [6, 6.07) is 7.47. The largest absolute Gasteiger partial charge is 0.483 e. The van der Waals surface area contributed by atoms with Crippen molar-refractivity contribution in [3.05, 3.63) is 29.8 Å². The lowest BCUT2D eigenvalue weighted by atomic mass is 10.1. The van der Waals surface area contributed by atoms with Crippen molar-refractivity contribution < 1.29 is 14.6 Å². The molecule has 0 atom stereocenters. The van der Waals surface area contributed by atoms with Gasteiger partial charge < -0.3 is 15.2 Å². The van der Waals surface area contributed by atoms with E-state index in [-0.39, 0.29) is 19.1 Å². The van der Waals surface area contributed by atoms with E-state index >= 15 is 0 Å². The van der Waals surface area contributed by atoms with Crippen molar-refractivity contribution in [2.45, 2.75) is 19.3 Å². The van der Waals surface area contributed by atoms with Gasteiger partial charge in [-0.3, -0.25) is 4.79 Å². The molecule has 4 heteroatoms. The first-order valence-corrected chi connectivity index (χ1v) is 6.38. The zero-order valence-corrected chi connectivity index (χ0v) is 10.4. The number of aliphatic hydroxyl groups is 1. The number of amides is 1. The van der Waals surface area contributed by atoms with Gasteiger partial charge in [-0.15, -0.1) is 0 Å². The van der Waals surface area contributed by atoms with Gasteiger partial charge >= 0.3 is 0 Å². The molecule has 4 nitrogen and oxygen atoms in total. The lowest BCUT2D eigenvalue weighted by Gasteiger charge is -2.10. The summed E-state index contributed by atoms with van der Waals surface area (Å²) in [7, 11) is 0. The molecule has 0 aromatic heterocycles. The Balaban J connectivity index is 1.78. The van der Waals surface area contributed by atoms with Crippen molar-refractivity contribution in [3.63, 3.8) is 0 Å². The predicted octanol–water partition coefficient (Wildman–Crippen LogP) is 1.13. The fourth-order valence-corrected chi connectivity index (χ4v) is 1.75. The number of carbonyl (C=O) groups excluding carboxylic acids is 1. The van der Waals surface area contributed by atoms with E-state index in [1.54, 1.807) is 0 Å². The molecule has 98 valence electrons. The number of carbonyl (C=O) groups is 1. The normalized spacial score (nSPS) is 14.3. The maximum atomic E-state index is 11.5. The number of hydrogen-bond acceptors (Lipinski definition) is 3. The Morgan fingerprint density at radius 2 is 2.17 bits per heavy atom. The Morgan fingerprint density at radius 3 is 2.89 bits per heavy atom. The van der Waals surface area contributed by atoms with Gasteiger partial charge in [0.25, 0.3) is 5.91 Å². The summed E-state index contributed by atoms with van der Waals surface area (Å²) in [6.07, 6.45) is 2.99. The molecule has 0 heterocycles. The van der Waals surface area contributed by atoms with Crippen LogP contribution in [0.15, 0.2) is 24.3 Å². The third-order valence-electron chi connectivity index (χ3n) is 3.00. The fraction of sp³-hybridized carbons (Fsp3) is 0.500. The van der Waals surface area contributed by atoms with E-state index in [0.717, 1.165) is 12.1 Å². The number of rotatable bonds is 7. The lowest BCUT2D eigenvalue weighted by molar-refractivity contribution is -0.123. The average Bonchev–Trinajstić information content (AvgIpc) is 3.20. The van der Waals surface area contributed by atoms with Crippen LogP contribution in [0.25, 0.3) is 0 Å². The molecule has 0 radical (unpaired) electrons. The maximum absolute atomic E-state index is 11.5. The van der Waals surface area contributed by atoms with E-state index < -0.39 is 0 Å². The van der Waals surface area contributed by atoms with Crippen LogP contribution in [0.2, 0.25) is 0 Å². The molecule has 2 N–H and O–H groups in total. The second-order valence-corrected chi connectivity index (χ2v) is 4.62. The second kappa shape index (κ2) is 6.40. The predicted molar refractivity (Wildman–Crippen MR) is 68.5 cm³/mol. The van der Waals surface area contributed by atoms with Crippen LogP contribution in [0.4, 0.5) is 0 Å². The lowest BCUT2D eigenvalue weighted by Crippen LogP contribution is -2.30. The highest BCUT2D eigenvalue weighted by molar-refractivity contribution is 5.77. The summed E-state index contributed by atoms with van der Waals surface area (Å²) >= 11 is 0. The third-order valence-corrected chi connectivity index (χ3v) is 3.00. The minimum atomic E-state index is -0.0827. The minimum absolute atomic E-state index is 0.0369. The Hall–Kier alpha value is -1.55. The summed E-state index contributed by atoms with van der Waals surface area (Å²) in [5.41, 5.74) is 0.926. The first kappa shape index (κ1) is 12.9. The van der Waals surface area contributed by atoms with Crippen LogP contribution < -0.4 is 10.1 Å². The molecule has 1 aromatic carbocycles. The van der Waals surface area contributed by atoms with Crippen LogP contribution in [0.3, 0.4) is 0 Å². The van der Waals surface area contributed by atoms with E-state index in [1.165, 1.54) is 12.8 Å². The third kappa shape index (κ3) is 4.04. The fourth-order valence-electron chi connectivity index (χ4n) is 1.75. The van der Waals surface area contributed by atoms with E-state index in [9.17, 15) is 4.79 Å². The van der Waals surface area contributed by atoms with Crippen molar-refractivity contribution in [3.8, 4) is 5.75 Å². The first-order valence-electron chi connectivity index (χ1n) is 6.38. The minimum Gasteiger partial charge on any atom is -0.483 e. The van der Waals surface area contributed by atoms with Crippen LogP contribution in [0.5, 0.6) is 5.75 Å². The smallest absolute Gasteiger partial charge is 0.257 e. The van der Waals surface area contributed by atoms with Crippen molar-refractivity contribution in [1.29, 1.82) is 0 Å². The van der Waals surface area contributed by atoms with E-state index in [2.05, 4.69) is 5.32 Å². The number of hydrogen-bond donors (Lipinski definition) is 2. The quantitative estimate of drug-likeness (QED) is 0.761. The maximum Gasteiger partial charge on any atom is 0.257 e. The molecule has 2 rings (SSSR count). The van der Waals surface area contributed by atoms with Gasteiger partial charge in [-0.05, 0) is 36.8 Å². The van der Waals surface area contributed by atoms with E-state index in [1.807, 2.05) is 24.3 Å². The summed E-state index contributed by atoms with van der Waals surface area (Å²) in [5.74, 6) is 1.27. The van der Waals surface area contributed by atoms with Crippen LogP contribution in [-0.2, 0) is 11.2 Å². The second-order valence-electron chi connectivity index (χ2n) is 4.62. The Kier molecular flexibility index (Phi) is 4.59. The summed E-state index contributed by atoms with van der Waals surface area (Å²) in [6.45, 7) is 0.879. The van der Waals surface area contributed by atoms with Crippen molar-refractivity contribution in [2.75, 3.05) is 19.8 Å². The van der Waals surface area contributed by atoms with Gasteiger partial charge in [0.15, 0.2) is 6.61 Å². The molecule has 0 aliphatic heterocycles. The number of ether oxygens (including phenoxy) is 1. The van der Waals surface area contributed by atoms with E-state index in [0.29, 0.717) is 18.1 Å². The van der Waals surface area contributed by atoms with E-state index in [4.69, 9.17) is 9.84 Å². The van der Waals surface area contributed by atoms with Crippen molar-refractivity contribution in [2.24, 2.45) is 5.92 Å². The molecule has 1 fully saturated rings. The molecular weight excluding hydrogens is 230 g/mol. The highest BCUT2D eigenvalue weighted by Crippen LogP contribution is 2.27. The number of nitrogens with one attached hydrogen (secondary N) is 1. The van der Waals surface area contributed by atoms with Crippen LogP contribution >= 0.6 is 0 Å². The molecule has 0 unspecified atom stereocenters. The summed E-state index contributed by atoms with van der Waals surface area (Å²) in [4.78, 5) is 11.5. The van der Waals surface area contributed by atoms with Gasteiger partial charge in [0.05, 0.1) is 0 Å². The first-order chi connectivity index (χ1) is 8.79. The molecule has 1 amide bonds. The molecule has 0 bridgehead atoms. The summed E-state index contributed by atoms with van der Waals surface area (Å²) in [5, 5.41) is 11.8. The van der Waals surface area contributed by atoms with Gasteiger partial charge in [0.2, 0.25) is 0 Å². The monoisotopic (exact) mass is 249 g/mol. The highest BCUT2D eigenvalue weighted by Gasteiger charge is 2.21. The van der Waals surface area contributed by atoms with Crippen molar-refractivity contribution in [1.82, 2.24) is 5.32 Å². The molecule has 1 aliphatic carbocycles. The zero-order valence-electron chi connectivity index (χ0n) is 10.4. The number of para-hydroxylation sites is 1. The molecular formula is C14H19NO3. The van der Waals surface area contributed by atoms with Gasteiger partial charge in [0, 0.05) is 13.2 Å². The molecule has 1 aliphatic rings. The Bertz CT molecular complexity index is 402. The number of aliphatic hydroxyl groups excluding tert-OH is 1. The Morgan fingerprint density at radius 1 is 1.39 bits per heavy atom. The van der Waals surface area contributed by atoms with Crippen LogP contribution in [0, 0.1) is 5.92 Å². The molecule has 0 spiro atoms. The molecule has 1 saturated carbocycles. The van der Waals surface area contributed by atoms with Gasteiger partial charge in [-0.1, -0.05) is 18.2 Å². The SMILES string of the molecule is O=C(COc1ccccc1CCO)NCC1CC1. The number of benzene rings is 1. The zero-order chi connectivity index (χ0) is 12.8. The highest BCUT2D eigenvalue weighted by atomic mass is 16.5. The van der Waals surface area contributed by atoms with Gasteiger partial charge in [-0.2, -0.15) is 0 Å². The standard InChI is InChI=1S/C14H19NO3/c16-8-7-12-3-1-2-4-13(12)18-10-14(17)15-9-11-5-6-11/h1-4,11,16H,5-10H2,(H,15,17). The molecule has 0 saturated heterocycles. The van der Waals surface area contributed by atoms with Gasteiger partial charge in [0.1, 0.15) is 5.75 Å². The molecule has 1 aromatic rings. The summed E-state index contributed by atoms with van der Waals surface area (Å²) < 4.78 is 5.48.